The first-order chi connectivity index (χ1) is 10.3. The van der Waals surface area contributed by atoms with Crippen LogP contribution in [0.15, 0.2) is 24.3 Å². The number of benzene rings is 1. The van der Waals surface area contributed by atoms with Crippen LogP contribution < -0.4 is 10.1 Å². The molecule has 0 aliphatic carbocycles. The molecule has 0 aromatic heterocycles. The summed E-state index contributed by atoms with van der Waals surface area (Å²) in [6, 6.07) is 8.66. The summed E-state index contributed by atoms with van der Waals surface area (Å²) in [5.41, 5.74) is 1.36. The van der Waals surface area contributed by atoms with Gasteiger partial charge in [0.2, 0.25) is 0 Å². The Bertz CT molecular complexity index is 437. The van der Waals surface area contributed by atoms with Crippen LogP contribution in [0.2, 0.25) is 0 Å². The molecule has 2 heterocycles. The number of nitrogens with one attached hydrogen (secondary N) is 1. The lowest BCUT2D eigenvalue weighted by atomic mass is 10.1. The predicted octanol–water partition coefficient (Wildman–Crippen LogP) is 1.56. The Morgan fingerprint density at radius 3 is 2.67 bits per heavy atom. The van der Waals surface area contributed by atoms with Crippen LogP contribution >= 0.6 is 0 Å². The van der Waals surface area contributed by atoms with Gasteiger partial charge in [0, 0.05) is 45.8 Å². The molecule has 1 aromatic carbocycles. The van der Waals surface area contributed by atoms with Crippen molar-refractivity contribution in [3.05, 3.63) is 29.8 Å². The Morgan fingerprint density at radius 1 is 1.14 bits per heavy atom. The van der Waals surface area contributed by atoms with Crippen molar-refractivity contribution >= 4 is 0 Å². The number of likely N-dealkylation sites (tertiary alicyclic amines) is 1. The minimum Gasteiger partial charge on any atom is -0.490 e. The normalized spacial score (nSPS) is 22.3. The third-order valence-corrected chi connectivity index (χ3v) is 4.48. The maximum Gasteiger partial charge on any atom is 0.120 e. The third-order valence-electron chi connectivity index (χ3n) is 4.48. The van der Waals surface area contributed by atoms with Crippen LogP contribution in [0, 0.1) is 0 Å². The van der Waals surface area contributed by atoms with Gasteiger partial charge in [-0.2, -0.15) is 0 Å². The number of nitrogens with zero attached hydrogens (tertiary/aromatic N) is 2. The summed E-state index contributed by atoms with van der Waals surface area (Å²) in [7, 11) is 2.18. The molecule has 0 unspecified atom stereocenters. The average molecular weight is 289 g/mol. The molecule has 0 saturated carbocycles. The maximum atomic E-state index is 6.18. The molecule has 2 saturated heterocycles. The highest BCUT2D eigenvalue weighted by atomic mass is 16.5. The van der Waals surface area contributed by atoms with E-state index >= 15 is 0 Å². The zero-order chi connectivity index (χ0) is 14.5. The summed E-state index contributed by atoms with van der Waals surface area (Å²) in [5.74, 6) is 1.04. The first kappa shape index (κ1) is 14.8. The fourth-order valence-electron chi connectivity index (χ4n) is 3.14. The van der Waals surface area contributed by atoms with Crippen molar-refractivity contribution in [2.45, 2.75) is 25.5 Å². The fourth-order valence-corrected chi connectivity index (χ4v) is 3.14. The van der Waals surface area contributed by atoms with Crippen LogP contribution in [0.4, 0.5) is 0 Å². The molecule has 116 valence electrons. The van der Waals surface area contributed by atoms with E-state index in [0.717, 1.165) is 64.4 Å². The summed E-state index contributed by atoms with van der Waals surface area (Å²) in [5, 5.41) is 3.40. The van der Waals surface area contributed by atoms with Crippen LogP contribution in [0.25, 0.3) is 0 Å². The first-order valence-electron chi connectivity index (χ1n) is 8.17. The van der Waals surface area contributed by atoms with E-state index in [1.54, 1.807) is 0 Å². The van der Waals surface area contributed by atoms with Gasteiger partial charge in [0.05, 0.1) is 0 Å². The highest BCUT2D eigenvalue weighted by molar-refractivity contribution is 5.28. The predicted molar refractivity (Wildman–Crippen MR) is 85.7 cm³/mol. The summed E-state index contributed by atoms with van der Waals surface area (Å²) in [4.78, 5) is 4.88. The summed E-state index contributed by atoms with van der Waals surface area (Å²) < 4.78 is 6.18. The smallest absolute Gasteiger partial charge is 0.120 e. The van der Waals surface area contributed by atoms with Crippen molar-refractivity contribution in [1.29, 1.82) is 0 Å². The lowest BCUT2D eigenvalue weighted by Gasteiger charge is -2.30. The molecule has 2 aliphatic rings. The number of hydrogen-bond donors (Lipinski definition) is 1. The first-order valence-corrected chi connectivity index (χ1v) is 8.17. The molecule has 0 atom stereocenters. The van der Waals surface area contributed by atoms with Crippen molar-refractivity contribution in [2.75, 3.05) is 46.3 Å². The lowest BCUT2D eigenvalue weighted by Crippen LogP contribution is -2.42. The van der Waals surface area contributed by atoms with Gasteiger partial charge in [-0.05, 0) is 37.6 Å². The molecule has 1 aromatic rings. The molecule has 4 nitrogen and oxygen atoms in total. The minimum absolute atomic E-state index is 0.385. The van der Waals surface area contributed by atoms with E-state index in [1.807, 2.05) is 0 Å². The van der Waals surface area contributed by atoms with Crippen molar-refractivity contribution in [2.24, 2.45) is 0 Å². The molecule has 0 radical (unpaired) electrons. The Kier molecular flexibility index (Phi) is 5.12. The van der Waals surface area contributed by atoms with Gasteiger partial charge < -0.3 is 15.0 Å². The summed E-state index contributed by atoms with van der Waals surface area (Å²) in [6.45, 7) is 7.81. The van der Waals surface area contributed by atoms with E-state index < -0.39 is 0 Å². The zero-order valence-electron chi connectivity index (χ0n) is 13.1. The molecule has 0 bridgehead atoms. The standard InChI is InChI=1S/C17H27N3O/c1-19-9-5-16(6-10-19)21-17-4-2-3-15(13-17)14-20-11-7-18-8-12-20/h2-4,13,16,18H,5-12,14H2,1H3. The van der Waals surface area contributed by atoms with Crippen LogP contribution in [-0.2, 0) is 6.54 Å². The second kappa shape index (κ2) is 7.25. The Morgan fingerprint density at radius 2 is 1.90 bits per heavy atom. The monoisotopic (exact) mass is 289 g/mol. The molecular formula is C17H27N3O. The second-order valence-corrected chi connectivity index (χ2v) is 6.29. The zero-order valence-corrected chi connectivity index (χ0v) is 13.1. The molecule has 0 amide bonds. The highest BCUT2D eigenvalue weighted by Crippen LogP contribution is 2.20. The van der Waals surface area contributed by atoms with E-state index in [9.17, 15) is 0 Å². The van der Waals surface area contributed by atoms with Crippen LogP contribution in [0.3, 0.4) is 0 Å². The van der Waals surface area contributed by atoms with Gasteiger partial charge in [-0.1, -0.05) is 12.1 Å². The van der Waals surface area contributed by atoms with Crippen molar-refractivity contribution in [3.8, 4) is 5.75 Å². The Hall–Kier alpha value is -1.10. The SMILES string of the molecule is CN1CCC(Oc2cccc(CN3CCNCC3)c2)CC1. The van der Waals surface area contributed by atoms with Crippen molar-refractivity contribution in [3.63, 3.8) is 0 Å². The number of rotatable bonds is 4. The van der Waals surface area contributed by atoms with Crippen LogP contribution in [0.5, 0.6) is 5.75 Å². The van der Waals surface area contributed by atoms with Gasteiger partial charge in [0.1, 0.15) is 11.9 Å². The maximum absolute atomic E-state index is 6.18. The van der Waals surface area contributed by atoms with Crippen LogP contribution in [-0.4, -0.2) is 62.2 Å². The van der Waals surface area contributed by atoms with Gasteiger partial charge in [-0.3, -0.25) is 4.90 Å². The molecule has 2 aliphatic heterocycles. The van der Waals surface area contributed by atoms with E-state index in [2.05, 4.69) is 46.4 Å². The minimum atomic E-state index is 0.385. The molecule has 0 spiro atoms. The van der Waals surface area contributed by atoms with E-state index in [1.165, 1.54) is 5.56 Å². The lowest BCUT2D eigenvalue weighted by molar-refractivity contribution is 0.114. The topological polar surface area (TPSA) is 27.7 Å². The van der Waals surface area contributed by atoms with E-state index in [4.69, 9.17) is 4.74 Å². The number of piperidine rings is 1. The molecule has 3 rings (SSSR count). The fraction of sp³-hybridized carbons (Fsp3) is 0.647. The molecule has 4 heteroatoms. The van der Waals surface area contributed by atoms with Gasteiger partial charge in [-0.25, -0.2) is 0 Å². The van der Waals surface area contributed by atoms with Gasteiger partial charge in [0.15, 0.2) is 0 Å². The van der Waals surface area contributed by atoms with Crippen molar-refractivity contribution in [1.82, 2.24) is 15.1 Å². The molecular weight excluding hydrogens is 262 g/mol. The third kappa shape index (κ3) is 4.43. The van der Waals surface area contributed by atoms with Crippen molar-refractivity contribution < 1.29 is 4.74 Å². The number of ether oxygens (including phenoxy) is 1. The number of piperazine rings is 1. The van der Waals surface area contributed by atoms with E-state index in [0.29, 0.717) is 6.10 Å². The summed E-state index contributed by atoms with van der Waals surface area (Å²) in [6.07, 6.45) is 2.66. The highest BCUT2D eigenvalue weighted by Gasteiger charge is 2.18. The van der Waals surface area contributed by atoms with Crippen LogP contribution in [0.1, 0.15) is 18.4 Å². The molecule has 21 heavy (non-hydrogen) atoms. The van der Waals surface area contributed by atoms with Gasteiger partial charge in [-0.15, -0.1) is 0 Å². The van der Waals surface area contributed by atoms with E-state index in [-0.39, 0.29) is 0 Å². The molecule has 2 fully saturated rings. The Labute approximate surface area is 128 Å². The van der Waals surface area contributed by atoms with Gasteiger partial charge >= 0.3 is 0 Å². The average Bonchev–Trinajstić information content (AvgIpc) is 2.51. The second-order valence-electron chi connectivity index (χ2n) is 6.29. The quantitative estimate of drug-likeness (QED) is 0.910. The summed E-state index contributed by atoms with van der Waals surface area (Å²) >= 11 is 0. The molecule has 1 N–H and O–H groups in total. The van der Waals surface area contributed by atoms with Gasteiger partial charge in [0.25, 0.3) is 0 Å². The largest absolute Gasteiger partial charge is 0.490 e. The Balaban J connectivity index is 1.55. The number of hydrogen-bond acceptors (Lipinski definition) is 4.